The molecule has 0 aromatic carbocycles. The molecule has 1 N–H and O–H groups in total. The van der Waals surface area contributed by atoms with Gasteiger partial charge in [0, 0.05) is 25.3 Å². The zero-order valence-electron chi connectivity index (χ0n) is 14.1. The van der Waals surface area contributed by atoms with E-state index in [1.807, 2.05) is 11.8 Å². The molecule has 1 atom stereocenters. The van der Waals surface area contributed by atoms with Crippen LogP contribution in [0, 0.1) is 17.0 Å². The molecule has 1 unspecified atom stereocenters. The van der Waals surface area contributed by atoms with Gasteiger partial charge in [0.25, 0.3) is 0 Å². The predicted octanol–water partition coefficient (Wildman–Crippen LogP) is 3.05. The van der Waals surface area contributed by atoms with E-state index >= 15 is 0 Å². The fourth-order valence-corrected chi connectivity index (χ4v) is 3.12. The molecule has 1 aliphatic heterocycles. The van der Waals surface area contributed by atoms with Crippen LogP contribution in [0.2, 0.25) is 0 Å². The third kappa shape index (κ3) is 4.12. The molecule has 0 saturated carbocycles. The minimum atomic E-state index is -0.921. The lowest BCUT2D eigenvalue weighted by molar-refractivity contribution is -0.384. The van der Waals surface area contributed by atoms with Crippen LogP contribution in [0.1, 0.15) is 38.3 Å². The maximum atomic E-state index is 11.6. The highest BCUT2D eigenvalue weighted by molar-refractivity contribution is 5.66. The summed E-state index contributed by atoms with van der Waals surface area (Å²) in [7, 11) is 0. The summed E-state index contributed by atoms with van der Waals surface area (Å²) in [6, 6.07) is 1.56. The second kappa shape index (κ2) is 7.94. The molecule has 1 saturated heterocycles. The molecule has 8 heteroatoms. The lowest BCUT2D eigenvalue weighted by Crippen LogP contribution is -2.50. The Balaban J connectivity index is 2.22. The molecule has 2 rings (SSSR count). The Bertz CT molecular complexity index is 608. The van der Waals surface area contributed by atoms with Crippen LogP contribution in [0.25, 0.3) is 0 Å². The topological polar surface area (TPSA) is 99.8 Å². The Morgan fingerprint density at radius 2 is 2.33 bits per heavy atom. The molecule has 24 heavy (non-hydrogen) atoms. The predicted molar refractivity (Wildman–Crippen MR) is 90.5 cm³/mol. The van der Waals surface area contributed by atoms with Crippen molar-refractivity contribution < 1.29 is 14.8 Å². The van der Waals surface area contributed by atoms with E-state index in [1.165, 1.54) is 11.1 Å². The molecule has 1 aromatic rings. The number of nitrogens with zero attached hydrogens (tertiary/aromatic N) is 4. The number of anilines is 1. The highest BCUT2D eigenvalue weighted by Crippen LogP contribution is 2.31. The van der Waals surface area contributed by atoms with E-state index in [0.29, 0.717) is 31.0 Å². The quantitative estimate of drug-likeness (QED) is 0.633. The lowest BCUT2D eigenvalue weighted by atomic mass is 10.0. The third-order valence-electron chi connectivity index (χ3n) is 4.37. The third-order valence-corrected chi connectivity index (χ3v) is 4.37. The highest BCUT2D eigenvalue weighted by atomic mass is 16.6. The van der Waals surface area contributed by atoms with Crippen molar-refractivity contribution >= 4 is 17.5 Å². The van der Waals surface area contributed by atoms with Crippen LogP contribution in [0.5, 0.6) is 0 Å². The van der Waals surface area contributed by atoms with Crippen LogP contribution < -0.4 is 4.90 Å². The number of nitro groups is 1. The first-order valence-electron chi connectivity index (χ1n) is 8.29. The Morgan fingerprint density at radius 1 is 1.58 bits per heavy atom. The standard InChI is InChI=1S/C16H24N4O4/c1-3-4-8-19(16(21)22)13-6-5-7-18(11-13)14-9-12(2)17-10-15(14)20(23)24/h9-10,13H,3-8,11H2,1-2H3,(H,21,22). The van der Waals surface area contributed by atoms with Crippen molar-refractivity contribution in [2.24, 2.45) is 0 Å². The number of carbonyl (C=O) groups is 1. The van der Waals surface area contributed by atoms with Crippen LogP contribution in [-0.4, -0.2) is 51.7 Å². The van der Waals surface area contributed by atoms with E-state index in [2.05, 4.69) is 4.98 Å². The van der Waals surface area contributed by atoms with E-state index in [4.69, 9.17) is 0 Å². The fraction of sp³-hybridized carbons (Fsp3) is 0.625. The van der Waals surface area contributed by atoms with E-state index in [1.54, 1.807) is 13.0 Å². The van der Waals surface area contributed by atoms with Gasteiger partial charge in [-0.3, -0.25) is 15.1 Å². The normalized spacial score (nSPS) is 17.6. The molecular weight excluding hydrogens is 312 g/mol. The van der Waals surface area contributed by atoms with Crippen LogP contribution in [0.3, 0.4) is 0 Å². The maximum Gasteiger partial charge on any atom is 0.407 e. The summed E-state index contributed by atoms with van der Waals surface area (Å²) in [5.41, 5.74) is 1.20. The highest BCUT2D eigenvalue weighted by Gasteiger charge is 2.31. The summed E-state index contributed by atoms with van der Waals surface area (Å²) >= 11 is 0. The van der Waals surface area contributed by atoms with Gasteiger partial charge in [-0.2, -0.15) is 0 Å². The molecule has 0 radical (unpaired) electrons. The number of amides is 1. The van der Waals surface area contributed by atoms with Gasteiger partial charge in [0.2, 0.25) is 0 Å². The summed E-state index contributed by atoms with van der Waals surface area (Å²) in [5.74, 6) is 0. The van der Waals surface area contributed by atoms with Gasteiger partial charge in [0.05, 0.1) is 11.0 Å². The second-order valence-corrected chi connectivity index (χ2v) is 6.14. The second-order valence-electron chi connectivity index (χ2n) is 6.14. The Morgan fingerprint density at radius 3 is 2.96 bits per heavy atom. The first kappa shape index (κ1) is 18.0. The van der Waals surface area contributed by atoms with Crippen molar-refractivity contribution in [3.8, 4) is 0 Å². The van der Waals surface area contributed by atoms with Crippen LogP contribution in [0.4, 0.5) is 16.2 Å². The molecular formula is C16H24N4O4. The van der Waals surface area contributed by atoms with Gasteiger partial charge in [0.15, 0.2) is 0 Å². The molecule has 0 bridgehead atoms. The summed E-state index contributed by atoms with van der Waals surface area (Å²) in [6.45, 7) is 5.47. The van der Waals surface area contributed by atoms with Crippen LogP contribution >= 0.6 is 0 Å². The van der Waals surface area contributed by atoms with Gasteiger partial charge >= 0.3 is 11.8 Å². The van der Waals surface area contributed by atoms with Gasteiger partial charge in [-0.05, 0) is 32.3 Å². The van der Waals surface area contributed by atoms with Crippen LogP contribution in [0.15, 0.2) is 12.3 Å². The average molecular weight is 336 g/mol. The average Bonchev–Trinajstić information content (AvgIpc) is 2.55. The van der Waals surface area contributed by atoms with E-state index < -0.39 is 11.0 Å². The van der Waals surface area contributed by atoms with Gasteiger partial charge in [-0.15, -0.1) is 0 Å². The number of aromatic nitrogens is 1. The smallest absolute Gasteiger partial charge is 0.407 e. The van der Waals surface area contributed by atoms with Gasteiger partial charge in [-0.25, -0.2) is 4.79 Å². The molecule has 0 spiro atoms. The van der Waals surface area contributed by atoms with Crippen molar-refractivity contribution in [3.63, 3.8) is 0 Å². The summed E-state index contributed by atoms with van der Waals surface area (Å²) in [4.78, 5) is 29.8. The number of piperidine rings is 1. The maximum absolute atomic E-state index is 11.6. The Kier molecular flexibility index (Phi) is 5.94. The summed E-state index contributed by atoms with van der Waals surface area (Å²) < 4.78 is 0. The Hall–Kier alpha value is -2.38. The molecule has 1 aromatic heterocycles. The number of hydrogen-bond donors (Lipinski definition) is 1. The summed E-state index contributed by atoms with van der Waals surface area (Å²) in [5, 5.41) is 20.8. The molecule has 2 heterocycles. The lowest BCUT2D eigenvalue weighted by Gasteiger charge is -2.39. The first-order chi connectivity index (χ1) is 11.4. The molecule has 1 amide bonds. The minimum absolute atomic E-state index is 0.0308. The molecule has 8 nitrogen and oxygen atoms in total. The van der Waals surface area contributed by atoms with E-state index in [-0.39, 0.29) is 11.7 Å². The number of pyridine rings is 1. The van der Waals surface area contributed by atoms with E-state index in [0.717, 1.165) is 25.7 Å². The molecule has 132 valence electrons. The van der Waals surface area contributed by atoms with Gasteiger partial charge in [-0.1, -0.05) is 13.3 Å². The van der Waals surface area contributed by atoms with Gasteiger partial charge < -0.3 is 14.9 Å². The molecule has 1 aliphatic rings. The number of carboxylic acid groups (broad SMARTS) is 1. The first-order valence-corrected chi connectivity index (χ1v) is 8.29. The number of rotatable bonds is 6. The Labute approximate surface area is 141 Å². The monoisotopic (exact) mass is 336 g/mol. The van der Waals surface area contributed by atoms with Crippen molar-refractivity contribution in [2.75, 3.05) is 24.5 Å². The largest absolute Gasteiger partial charge is 0.465 e. The van der Waals surface area contributed by atoms with Crippen molar-refractivity contribution in [3.05, 3.63) is 28.1 Å². The van der Waals surface area contributed by atoms with Gasteiger partial charge in [0.1, 0.15) is 11.9 Å². The molecule has 1 fully saturated rings. The zero-order valence-corrected chi connectivity index (χ0v) is 14.1. The van der Waals surface area contributed by atoms with Crippen molar-refractivity contribution in [1.29, 1.82) is 0 Å². The SMILES string of the molecule is CCCCN(C(=O)O)C1CCCN(c2cc(C)ncc2[N+](=O)[O-])C1. The number of aryl methyl sites for hydroxylation is 1. The summed E-state index contributed by atoms with van der Waals surface area (Å²) in [6.07, 6.45) is 3.69. The minimum Gasteiger partial charge on any atom is -0.465 e. The number of unbranched alkanes of at least 4 members (excludes halogenated alkanes) is 1. The number of hydrogen-bond acceptors (Lipinski definition) is 5. The van der Waals surface area contributed by atoms with Crippen molar-refractivity contribution in [1.82, 2.24) is 9.88 Å². The van der Waals surface area contributed by atoms with Crippen molar-refractivity contribution in [2.45, 2.75) is 45.6 Å². The zero-order chi connectivity index (χ0) is 17.7. The fourth-order valence-electron chi connectivity index (χ4n) is 3.12. The van der Waals surface area contributed by atoms with Crippen LogP contribution in [-0.2, 0) is 0 Å². The molecule has 0 aliphatic carbocycles. The van der Waals surface area contributed by atoms with E-state index in [9.17, 15) is 20.0 Å².